The van der Waals surface area contributed by atoms with Crippen LogP contribution in [-0.4, -0.2) is 99.7 Å². The van der Waals surface area contributed by atoms with Gasteiger partial charge in [-0.3, -0.25) is 9.36 Å². The van der Waals surface area contributed by atoms with Gasteiger partial charge in [0.2, 0.25) is 10.0 Å². The number of nitrogens with zero attached hydrogens (tertiary/aromatic N) is 2. The minimum Gasteiger partial charge on any atom is -0.756 e. The average molecular weight is 702 g/mol. The number of likely N-dealkylation sites (N-methyl/N-ethyl adjacent to an activating group) is 1. The molecule has 2 rings (SSSR count). The molecule has 268 valence electrons. The number of carbonyl (C=O) groups is 1. The van der Waals surface area contributed by atoms with Gasteiger partial charge in [0.05, 0.1) is 39.3 Å². The Morgan fingerprint density at radius 2 is 1.47 bits per heavy atom. The Labute approximate surface area is 282 Å². The number of carbonyl (C=O) groups excluding carboxylic acids is 1. The van der Waals surface area contributed by atoms with Gasteiger partial charge in [0.15, 0.2) is 0 Å². The molecule has 0 bridgehead atoms. The molecule has 0 aliphatic rings. The van der Waals surface area contributed by atoms with E-state index in [2.05, 4.69) is 4.72 Å². The molecular formula is C33H56N3O9PS. The van der Waals surface area contributed by atoms with E-state index in [-0.39, 0.29) is 19.8 Å². The topological polar surface area (TPSA) is 144 Å². The summed E-state index contributed by atoms with van der Waals surface area (Å²) in [4.78, 5) is 25.7. The second-order valence-electron chi connectivity index (χ2n) is 13.0. The van der Waals surface area contributed by atoms with Crippen LogP contribution in [0.2, 0.25) is 0 Å². The minimum atomic E-state index is -4.51. The van der Waals surface area contributed by atoms with Crippen LogP contribution in [0, 0.1) is 0 Å². The summed E-state index contributed by atoms with van der Waals surface area (Å²) in [5.41, 5.74) is 0.980. The van der Waals surface area contributed by atoms with Crippen LogP contribution in [0.5, 0.6) is 0 Å². The van der Waals surface area contributed by atoms with Crippen molar-refractivity contribution in [2.75, 3.05) is 79.7 Å². The summed E-state index contributed by atoms with van der Waals surface area (Å²) < 4.78 is 62.0. The molecule has 0 saturated heterocycles. The van der Waals surface area contributed by atoms with Crippen molar-refractivity contribution >= 4 is 40.3 Å². The van der Waals surface area contributed by atoms with Gasteiger partial charge in [0.25, 0.3) is 7.82 Å². The first-order chi connectivity index (χ1) is 22.1. The highest BCUT2D eigenvalue weighted by Gasteiger charge is 2.20. The summed E-state index contributed by atoms with van der Waals surface area (Å²) >= 11 is 0. The van der Waals surface area contributed by atoms with Crippen LogP contribution in [0.15, 0.2) is 41.3 Å². The van der Waals surface area contributed by atoms with E-state index in [1.54, 1.807) is 12.1 Å². The van der Waals surface area contributed by atoms with Crippen molar-refractivity contribution in [3.8, 4) is 0 Å². The summed E-state index contributed by atoms with van der Waals surface area (Å²) in [6.07, 6.45) is 8.22. The third-order valence-electron chi connectivity index (χ3n) is 7.45. The van der Waals surface area contributed by atoms with Gasteiger partial charge in [0.1, 0.15) is 19.3 Å². The zero-order valence-electron chi connectivity index (χ0n) is 29.1. The summed E-state index contributed by atoms with van der Waals surface area (Å²) in [6.45, 7) is 2.29. The highest BCUT2D eigenvalue weighted by atomic mass is 32.2. The number of sulfonamides is 1. The molecule has 0 aliphatic carbocycles. The standard InChI is InChI=1S/C33H56N3O9PS/c1-28(37)45-29(27-44-46(38,39)43-25-23-36(4,5)6)26-42-24-15-13-11-9-7-8-10-12-14-22-34-47(40,41)33-21-17-18-30-31(33)19-16-20-32(30)35(2)3/h16-21,29,34H,7-15,22-27H2,1-6H3/t29-/m1/s1. The number of unbranched alkanes of at least 4 members (excludes halogenated alkanes) is 8. The molecule has 0 amide bonds. The number of benzene rings is 2. The van der Waals surface area contributed by atoms with Gasteiger partial charge in [0, 0.05) is 50.6 Å². The molecule has 47 heavy (non-hydrogen) atoms. The molecule has 14 heteroatoms. The van der Waals surface area contributed by atoms with E-state index >= 15 is 0 Å². The lowest BCUT2D eigenvalue weighted by molar-refractivity contribution is -0.870. The average Bonchev–Trinajstić information content (AvgIpc) is 2.98. The van der Waals surface area contributed by atoms with Crippen LogP contribution in [0.1, 0.15) is 64.7 Å². The molecule has 0 radical (unpaired) electrons. The molecule has 1 N–H and O–H groups in total. The Morgan fingerprint density at radius 3 is 2.09 bits per heavy atom. The number of quaternary nitrogens is 1. The van der Waals surface area contributed by atoms with E-state index in [4.69, 9.17) is 18.5 Å². The maximum atomic E-state index is 13.0. The van der Waals surface area contributed by atoms with Gasteiger partial charge in [-0.25, -0.2) is 13.1 Å². The van der Waals surface area contributed by atoms with Crippen LogP contribution in [0.4, 0.5) is 5.69 Å². The van der Waals surface area contributed by atoms with E-state index in [9.17, 15) is 22.7 Å². The number of fused-ring (bicyclic) bond motifs is 1. The zero-order valence-corrected chi connectivity index (χ0v) is 30.8. The lowest BCUT2D eigenvalue weighted by atomic mass is 10.1. The van der Waals surface area contributed by atoms with Crippen LogP contribution >= 0.6 is 7.82 Å². The first kappa shape index (κ1) is 41.1. The number of esters is 1. The Morgan fingerprint density at radius 1 is 0.872 bits per heavy atom. The smallest absolute Gasteiger partial charge is 0.303 e. The van der Waals surface area contributed by atoms with E-state index in [1.807, 2.05) is 64.4 Å². The van der Waals surface area contributed by atoms with Gasteiger partial charge in [-0.15, -0.1) is 0 Å². The Hall–Kier alpha value is -2.09. The molecule has 12 nitrogen and oxygen atoms in total. The van der Waals surface area contributed by atoms with Crippen molar-refractivity contribution in [2.45, 2.75) is 75.7 Å². The molecule has 0 saturated carbocycles. The Kier molecular flexibility index (Phi) is 17.9. The van der Waals surface area contributed by atoms with Crippen LogP contribution in [-0.2, 0) is 37.9 Å². The normalized spacial score (nSPS) is 14.2. The van der Waals surface area contributed by atoms with Crippen molar-refractivity contribution in [1.82, 2.24) is 4.72 Å². The van der Waals surface area contributed by atoms with Crippen LogP contribution in [0.3, 0.4) is 0 Å². The highest BCUT2D eigenvalue weighted by molar-refractivity contribution is 7.89. The molecule has 2 atom stereocenters. The molecule has 0 aromatic heterocycles. The first-order valence-electron chi connectivity index (χ1n) is 16.5. The molecule has 0 heterocycles. The predicted octanol–water partition coefficient (Wildman–Crippen LogP) is 4.85. The third-order valence-corrected chi connectivity index (χ3v) is 9.94. The number of phosphoric ester groups is 1. The number of ether oxygens (including phenoxy) is 2. The molecular weight excluding hydrogens is 645 g/mol. The number of hydrogen-bond donors (Lipinski definition) is 1. The number of rotatable bonds is 25. The maximum Gasteiger partial charge on any atom is 0.303 e. The van der Waals surface area contributed by atoms with Crippen molar-refractivity contribution in [3.05, 3.63) is 36.4 Å². The minimum absolute atomic E-state index is 0.00546. The van der Waals surface area contributed by atoms with Gasteiger partial charge >= 0.3 is 5.97 Å². The number of nitrogens with one attached hydrogen (secondary N) is 1. The quantitative estimate of drug-likeness (QED) is 0.0661. The predicted molar refractivity (Wildman–Crippen MR) is 184 cm³/mol. The van der Waals surface area contributed by atoms with Crippen molar-refractivity contribution in [2.24, 2.45) is 0 Å². The zero-order chi connectivity index (χ0) is 34.9. The molecule has 0 aliphatic heterocycles. The summed E-state index contributed by atoms with van der Waals surface area (Å²) in [6, 6.07) is 11.1. The fourth-order valence-corrected chi connectivity index (χ4v) is 6.97. The van der Waals surface area contributed by atoms with Crippen molar-refractivity contribution in [1.29, 1.82) is 0 Å². The van der Waals surface area contributed by atoms with Gasteiger partial charge in [-0.2, -0.15) is 0 Å². The molecule has 2 aromatic carbocycles. The number of anilines is 1. The SMILES string of the molecule is CC(=O)O[C@H](COCCCCCCCCCCCNS(=O)(=O)c1cccc2c(N(C)C)cccc12)COP(=O)([O-])OCC[N+](C)(C)C. The number of hydrogen-bond acceptors (Lipinski definition) is 10. The van der Waals surface area contributed by atoms with E-state index < -0.39 is 29.9 Å². The molecule has 0 spiro atoms. The molecule has 1 unspecified atom stereocenters. The van der Waals surface area contributed by atoms with Crippen molar-refractivity contribution in [3.63, 3.8) is 0 Å². The lowest BCUT2D eigenvalue weighted by Crippen LogP contribution is -2.37. The van der Waals surface area contributed by atoms with Crippen molar-refractivity contribution < 1.29 is 45.7 Å². The molecule has 2 aromatic rings. The second kappa shape index (κ2) is 20.4. The lowest BCUT2D eigenvalue weighted by Gasteiger charge is -2.28. The second-order valence-corrected chi connectivity index (χ2v) is 16.1. The Balaban J connectivity index is 1.54. The maximum absolute atomic E-state index is 13.0. The van der Waals surface area contributed by atoms with Crippen LogP contribution < -0.4 is 14.5 Å². The summed E-state index contributed by atoms with van der Waals surface area (Å²) in [5, 5.41) is 1.63. The fraction of sp³-hybridized carbons (Fsp3) is 0.667. The van der Waals surface area contributed by atoms with Gasteiger partial charge in [-0.1, -0.05) is 69.2 Å². The van der Waals surface area contributed by atoms with Gasteiger partial charge < -0.3 is 32.8 Å². The summed E-state index contributed by atoms with van der Waals surface area (Å²) in [7, 11) is 1.53. The van der Waals surface area contributed by atoms with E-state index in [1.165, 1.54) is 6.92 Å². The van der Waals surface area contributed by atoms with Crippen LogP contribution in [0.25, 0.3) is 10.8 Å². The van der Waals surface area contributed by atoms with E-state index in [0.717, 1.165) is 74.2 Å². The first-order valence-corrected chi connectivity index (χ1v) is 19.4. The number of phosphoric acid groups is 1. The highest BCUT2D eigenvalue weighted by Crippen LogP contribution is 2.38. The largest absolute Gasteiger partial charge is 0.756 e. The molecule has 0 fully saturated rings. The summed E-state index contributed by atoms with van der Waals surface area (Å²) in [5.74, 6) is -0.546. The Bertz CT molecular complexity index is 1380. The monoisotopic (exact) mass is 701 g/mol. The fourth-order valence-electron chi connectivity index (χ4n) is 4.94. The third kappa shape index (κ3) is 16.7. The van der Waals surface area contributed by atoms with Gasteiger partial charge in [-0.05, 0) is 25.0 Å². The van der Waals surface area contributed by atoms with E-state index in [0.29, 0.717) is 29.1 Å².